The Balaban J connectivity index is 2.65. The highest BCUT2D eigenvalue weighted by Gasteiger charge is 2.06. The fourth-order valence-electron chi connectivity index (χ4n) is 1.16. The number of rotatable bonds is 3. The first-order valence-electron chi connectivity index (χ1n) is 4.74. The van der Waals surface area contributed by atoms with E-state index >= 15 is 0 Å². The Morgan fingerprint density at radius 3 is 2.73 bits per heavy atom. The second-order valence-electron chi connectivity index (χ2n) is 3.78. The van der Waals surface area contributed by atoms with E-state index in [2.05, 4.69) is 21.2 Å². The fourth-order valence-corrected chi connectivity index (χ4v) is 1.54. The van der Waals surface area contributed by atoms with Gasteiger partial charge >= 0.3 is 0 Å². The van der Waals surface area contributed by atoms with Gasteiger partial charge < -0.3 is 5.32 Å². The minimum absolute atomic E-state index is 0.0523. The third-order valence-electron chi connectivity index (χ3n) is 1.80. The van der Waals surface area contributed by atoms with Gasteiger partial charge in [0.2, 0.25) is 5.91 Å². The first-order valence-corrected chi connectivity index (χ1v) is 5.53. The zero-order chi connectivity index (χ0) is 11.4. The average Bonchev–Trinajstić information content (AvgIpc) is 2.10. The van der Waals surface area contributed by atoms with Gasteiger partial charge in [-0.05, 0) is 40.0 Å². The molecule has 15 heavy (non-hydrogen) atoms. The maximum absolute atomic E-state index is 12.9. The number of hydrogen-bond acceptors (Lipinski definition) is 1. The molecule has 0 aliphatic rings. The summed E-state index contributed by atoms with van der Waals surface area (Å²) in [5.41, 5.74) is 0.605. The molecule has 0 heterocycles. The molecule has 2 nitrogen and oxygen atoms in total. The Morgan fingerprint density at radius 1 is 1.53 bits per heavy atom. The molecule has 0 unspecified atom stereocenters. The molecule has 0 bridgehead atoms. The van der Waals surface area contributed by atoms with Gasteiger partial charge in [-0.3, -0.25) is 4.79 Å². The van der Waals surface area contributed by atoms with Crippen LogP contribution in [-0.2, 0) is 4.79 Å². The van der Waals surface area contributed by atoms with Crippen LogP contribution >= 0.6 is 15.9 Å². The first-order chi connectivity index (χ1) is 6.99. The van der Waals surface area contributed by atoms with Crippen LogP contribution in [0, 0.1) is 11.7 Å². The fraction of sp³-hybridized carbons (Fsp3) is 0.364. The summed E-state index contributed by atoms with van der Waals surface area (Å²) in [6, 6.07) is 4.40. The molecule has 0 aliphatic carbocycles. The van der Waals surface area contributed by atoms with Crippen molar-refractivity contribution in [3.05, 3.63) is 28.5 Å². The normalized spacial score (nSPS) is 10.5. The second kappa shape index (κ2) is 5.26. The summed E-state index contributed by atoms with van der Waals surface area (Å²) in [6.07, 6.45) is 0.467. The maximum Gasteiger partial charge on any atom is 0.224 e. The molecule has 0 aliphatic heterocycles. The van der Waals surface area contributed by atoms with Crippen LogP contribution in [-0.4, -0.2) is 5.91 Å². The molecular formula is C11H13BrFNO. The number of carbonyl (C=O) groups excluding carboxylic acids is 1. The number of amides is 1. The van der Waals surface area contributed by atoms with Crippen LogP contribution < -0.4 is 5.32 Å². The predicted octanol–water partition coefficient (Wildman–Crippen LogP) is 3.57. The van der Waals surface area contributed by atoms with Crippen molar-refractivity contribution in [1.82, 2.24) is 0 Å². The van der Waals surface area contributed by atoms with Crippen LogP contribution in [0.15, 0.2) is 22.7 Å². The molecule has 1 rings (SSSR count). The molecule has 82 valence electrons. The molecule has 1 aromatic carbocycles. The van der Waals surface area contributed by atoms with E-state index in [1.807, 2.05) is 13.8 Å². The van der Waals surface area contributed by atoms with Crippen LogP contribution in [0.4, 0.5) is 10.1 Å². The molecule has 0 radical (unpaired) electrons. The average molecular weight is 274 g/mol. The summed E-state index contributed by atoms with van der Waals surface area (Å²) in [5, 5.41) is 2.71. The van der Waals surface area contributed by atoms with Gasteiger partial charge in [0, 0.05) is 12.1 Å². The van der Waals surface area contributed by atoms with Gasteiger partial charge in [-0.2, -0.15) is 0 Å². The lowest BCUT2D eigenvalue weighted by atomic mass is 10.1. The Hall–Kier alpha value is -0.900. The summed E-state index contributed by atoms with van der Waals surface area (Å²) >= 11 is 3.06. The van der Waals surface area contributed by atoms with Gasteiger partial charge in [0.15, 0.2) is 0 Å². The Kier molecular flexibility index (Phi) is 4.27. The smallest absolute Gasteiger partial charge is 0.224 e. The highest BCUT2D eigenvalue weighted by molar-refractivity contribution is 9.10. The van der Waals surface area contributed by atoms with E-state index in [0.29, 0.717) is 22.5 Å². The van der Waals surface area contributed by atoms with E-state index in [0.717, 1.165) is 0 Å². The third-order valence-corrected chi connectivity index (χ3v) is 2.40. The lowest BCUT2D eigenvalue weighted by Gasteiger charge is -2.07. The van der Waals surface area contributed by atoms with Crippen molar-refractivity contribution in [3.8, 4) is 0 Å². The first kappa shape index (κ1) is 12.2. The monoisotopic (exact) mass is 273 g/mol. The minimum atomic E-state index is -0.336. The zero-order valence-corrected chi connectivity index (χ0v) is 10.3. The summed E-state index contributed by atoms with van der Waals surface area (Å²) in [4.78, 5) is 11.4. The minimum Gasteiger partial charge on any atom is -0.326 e. The van der Waals surface area contributed by atoms with E-state index < -0.39 is 0 Å². The topological polar surface area (TPSA) is 29.1 Å². The molecule has 0 atom stereocenters. The van der Waals surface area contributed by atoms with Gasteiger partial charge in [-0.15, -0.1) is 0 Å². The molecule has 0 aromatic heterocycles. The summed E-state index contributed by atoms with van der Waals surface area (Å²) in [6.45, 7) is 3.94. The van der Waals surface area contributed by atoms with Crippen LogP contribution in [0.2, 0.25) is 0 Å². The van der Waals surface area contributed by atoms with Crippen molar-refractivity contribution in [2.45, 2.75) is 20.3 Å². The summed E-state index contributed by atoms with van der Waals surface area (Å²) < 4.78 is 13.2. The van der Waals surface area contributed by atoms with E-state index in [4.69, 9.17) is 0 Å². The SMILES string of the molecule is CC(C)CC(=O)Nc1ccc(F)c(Br)c1. The highest BCUT2D eigenvalue weighted by atomic mass is 79.9. The van der Waals surface area contributed by atoms with E-state index in [1.54, 1.807) is 12.1 Å². The Labute approximate surface area is 97.0 Å². The Morgan fingerprint density at radius 2 is 2.20 bits per heavy atom. The van der Waals surface area contributed by atoms with Gasteiger partial charge in [-0.25, -0.2) is 4.39 Å². The Bertz CT molecular complexity index is 366. The van der Waals surface area contributed by atoms with E-state index in [1.165, 1.54) is 6.07 Å². The zero-order valence-electron chi connectivity index (χ0n) is 8.68. The molecule has 0 saturated heterocycles. The number of benzene rings is 1. The number of nitrogens with one attached hydrogen (secondary N) is 1. The lowest BCUT2D eigenvalue weighted by Crippen LogP contribution is -2.13. The molecule has 1 N–H and O–H groups in total. The standard InChI is InChI=1S/C11H13BrFNO/c1-7(2)5-11(15)14-8-3-4-10(13)9(12)6-8/h3-4,6-7H,5H2,1-2H3,(H,14,15). The maximum atomic E-state index is 12.9. The summed E-state index contributed by atoms with van der Waals surface area (Å²) in [7, 11) is 0. The van der Waals surface area contributed by atoms with Crippen LogP contribution in [0.3, 0.4) is 0 Å². The van der Waals surface area contributed by atoms with Gasteiger partial charge in [0.05, 0.1) is 4.47 Å². The van der Waals surface area contributed by atoms with Crippen molar-refractivity contribution in [1.29, 1.82) is 0 Å². The number of hydrogen-bond donors (Lipinski definition) is 1. The van der Waals surface area contributed by atoms with Crippen LogP contribution in [0.5, 0.6) is 0 Å². The molecule has 0 saturated carbocycles. The van der Waals surface area contributed by atoms with E-state index in [-0.39, 0.29) is 11.7 Å². The van der Waals surface area contributed by atoms with Crippen molar-refractivity contribution in [3.63, 3.8) is 0 Å². The van der Waals surface area contributed by atoms with Crippen molar-refractivity contribution < 1.29 is 9.18 Å². The molecule has 4 heteroatoms. The molecular weight excluding hydrogens is 261 g/mol. The van der Waals surface area contributed by atoms with Crippen molar-refractivity contribution in [2.24, 2.45) is 5.92 Å². The van der Waals surface area contributed by atoms with Gasteiger partial charge in [0.25, 0.3) is 0 Å². The largest absolute Gasteiger partial charge is 0.326 e. The number of halogens is 2. The lowest BCUT2D eigenvalue weighted by molar-refractivity contribution is -0.116. The molecule has 1 aromatic rings. The molecule has 0 fully saturated rings. The molecule has 1 amide bonds. The number of anilines is 1. The summed E-state index contributed by atoms with van der Waals surface area (Å²) in [5.74, 6) is -0.0748. The van der Waals surface area contributed by atoms with Crippen molar-refractivity contribution in [2.75, 3.05) is 5.32 Å². The number of carbonyl (C=O) groups is 1. The van der Waals surface area contributed by atoms with Gasteiger partial charge in [-0.1, -0.05) is 13.8 Å². The van der Waals surface area contributed by atoms with E-state index in [9.17, 15) is 9.18 Å². The highest BCUT2D eigenvalue weighted by Crippen LogP contribution is 2.20. The predicted molar refractivity (Wildman–Crippen MR) is 62.2 cm³/mol. The van der Waals surface area contributed by atoms with Crippen LogP contribution in [0.1, 0.15) is 20.3 Å². The third kappa shape index (κ3) is 4.00. The van der Waals surface area contributed by atoms with Crippen LogP contribution in [0.25, 0.3) is 0 Å². The quantitative estimate of drug-likeness (QED) is 0.896. The molecule has 0 spiro atoms. The van der Waals surface area contributed by atoms with Gasteiger partial charge in [0.1, 0.15) is 5.82 Å². The van der Waals surface area contributed by atoms with Crippen molar-refractivity contribution >= 4 is 27.5 Å². The second-order valence-corrected chi connectivity index (χ2v) is 4.63.